The third kappa shape index (κ3) is 5.58. The number of ether oxygens (including phenoxy) is 2. The van der Waals surface area contributed by atoms with Crippen molar-refractivity contribution in [3.05, 3.63) is 29.8 Å². The van der Waals surface area contributed by atoms with Gasteiger partial charge in [0.15, 0.2) is 5.75 Å². The number of aromatic nitrogens is 3. The van der Waals surface area contributed by atoms with Crippen LogP contribution < -0.4 is 15.4 Å². The quantitative estimate of drug-likeness (QED) is 0.656. The summed E-state index contributed by atoms with van der Waals surface area (Å²) in [4.78, 5) is 34.3. The zero-order valence-corrected chi connectivity index (χ0v) is 16.7. The first-order valence-electron chi connectivity index (χ1n) is 9.21. The number of alkyl halides is 2. The summed E-state index contributed by atoms with van der Waals surface area (Å²) in [5.74, 6) is -3.83. The summed E-state index contributed by atoms with van der Waals surface area (Å²) in [7, 11) is 0. The van der Waals surface area contributed by atoms with Gasteiger partial charge in [-0.05, 0) is 13.3 Å². The smallest absolute Gasteiger partial charge is 0.306 e. The second-order valence-electron chi connectivity index (χ2n) is 6.94. The average molecular weight is 421 g/mol. The first-order chi connectivity index (χ1) is 14.1. The highest BCUT2D eigenvalue weighted by molar-refractivity contribution is 5.88. The van der Waals surface area contributed by atoms with E-state index in [2.05, 4.69) is 25.6 Å². The van der Waals surface area contributed by atoms with Crippen LogP contribution in [0.1, 0.15) is 38.2 Å². The molecule has 1 unspecified atom stereocenters. The largest absolute Gasteiger partial charge is 0.486 e. The Labute approximate surface area is 171 Å². The molecule has 1 saturated heterocycles. The number of nitrogens with one attached hydrogen (secondary N) is 2. The van der Waals surface area contributed by atoms with Crippen molar-refractivity contribution in [2.75, 3.05) is 17.2 Å². The highest BCUT2D eigenvalue weighted by atomic mass is 19.3. The molecule has 0 radical (unpaired) electrons. The summed E-state index contributed by atoms with van der Waals surface area (Å²) in [6, 6.07) is 2.98. The minimum absolute atomic E-state index is 0.0999. The second-order valence-corrected chi connectivity index (χ2v) is 6.94. The third-order valence-corrected chi connectivity index (χ3v) is 4.07. The van der Waals surface area contributed by atoms with Crippen LogP contribution in [-0.2, 0) is 20.2 Å². The molecule has 9 nitrogen and oxygen atoms in total. The third-order valence-electron chi connectivity index (χ3n) is 4.07. The van der Waals surface area contributed by atoms with Gasteiger partial charge in [0.1, 0.15) is 24.3 Å². The molecule has 0 bridgehead atoms. The molecule has 0 saturated carbocycles. The summed E-state index contributed by atoms with van der Waals surface area (Å²) < 4.78 is 38.2. The number of hydrogen-bond acceptors (Lipinski definition) is 8. The Balaban J connectivity index is 1.87. The van der Waals surface area contributed by atoms with Gasteiger partial charge in [-0.1, -0.05) is 0 Å². The van der Waals surface area contributed by atoms with Crippen LogP contribution in [0.4, 0.5) is 26.1 Å². The van der Waals surface area contributed by atoms with E-state index in [1.54, 1.807) is 6.92 Å². The first kappa shape index (κ1) is 21.3. The lowest BCUT2D eigenvalue weighted by Crippen LogP contribution is -2.18. The summed E-state index contributed by atoms with van der Waals surface area (Å²) >= 11 is 0. The van der Waals surface area contributed by atoms with Crippen molar-refractivity contribution < 1.29 is 27.8 Å². The zero-order valence-electron chi connectivity index (χ0n) is 16.7. The molecule has 2 aromatic rings. The molecule has 11 heteroatoms. The van der Waals surface area contributed by atoms with Crippen LogP contribution in [0.15, 0.2) is 18.3 Å². The average Bonchev–Trinajstić information content (AvgIpc) is 3.04. The summed E-state index contributed by atoms with van der Waals surface area (Å²) in [6.07, 6.45) is 1.85. The Kier molecular flexibility index (Phi) is 6.09. The van der Waals surface area contributed by atoms with E-state index in [0.29, 0.717) is 31.1 Å². The molecule has 1 aliphatic rings. The van der Waals surface area contributed by atoms with Crippen molar-refractivity contribution in [1.82, 2.24) is 15.0 Å². The predicted octanol–water partition coefficient (Wildman–Crippen LogP) is 3.08. The van der Waals surface area contributed by atoms with Crippen LogP contribution in [0, 0.1) is 6.92 Å². The van der Waals surface area contributed by atoms with Crippen LogP contribution in [0.25, 0.3) is 0 Å². The molecule has 2 N–H and O–H groups in total. The van der Waals surface area contributed by atoms with E-state index in [1.807, 2.05) is 0 Å². The molecule has 0 spiro atoms. The molecule has 3 heterocycles. The molecule has 160 valence electrons. The fraction of sp³-hybridized carbons (Fsp3) is 0.421. The van der Waals surface area contributed by atoms with Gasteiger partial charge in [0.05, 0.1) is 11.9 Å². The van der Waals surface area contributed by atoms with Gasteiger partial charge in [-0.3, -0.25) is 9.59 Å². The van der Waals surface area contributed by atoms with Gasteiger partial charge in [0, 0.05) is 38.1 Å². The number of carbonyl (C=O) groups is 2. The number of rotatable bonds is 7. The first-order valence-corrected chi connectivity index (χ1v) is 9.21. The topological polar surface area (TPSA) is 115 Å². The van der Waals surface area contributed by atoms with Crippen molar-refractivity contribution in [2.24, 2.45) is 0 Å². The fourth-order valence-corrected chi connectivity index (χ4v) is 2.75. The zero-order chi connectivity index (χ0) is 21.9. The minimum Gasteiger partial charge on any atom is -0.486 e. The monoisotopic (exact) mass is 421 g/mol. The lowest BCUT2D eigenvalue weighted by Gasteiger charge is -2.17. The lowest BCUT2D eigenvalue weighted by molar-refractivity contribution is -0.142. The number of cyclic esters (lactones) is 1. The summed E-state index contributed by atoms with van der Waals surface area (Å²) in [5.41, 5.74) is 0.682. The van der Waals surface area contributed by atoms with E-state index in [1.165, 1.54) is 25.3 Å². The Morgan fingerprint density at radius 1 is 1.33 bits per heavy atom. The molecular formula is C19H21F2N5O4. The maximum Gasteiger partial charge on any atom is 0.306 e. The van der Waals surface area contributed by atoms with Gasteiger partial charge in [0.2, 0.25) is 11.7 Å². The Bertz CT molecular complexity index is 964. The Hall–Kier alpha value is -3.37. The van der Waals surface area contributed by atoms with E-state index in [0.717, 1.165) is 0 Å². The van der Waals surface area contributed by atoms with Crippen LogP contribution in [-0.4, -0.2) is 39.5 Å². The van der Waals surface area contributed by atoms with E-state index < -0.39 is 11.7 Å². The van der Waals surface area contributed by atoms with E-state index in [-0.39, 0.29) is 42.0 Å². The number of halogens is 2. The highest BCUT2D eigenvalue weighted by Gasteiger charge is 2.29. The molecule has 1 fully saturated rings. The molecule has 0 aromatic carbocycles. The molecule has 1 amide bonds. The standard InChI is InChI=1S/C19H21F2N5O4/c1-10-6-16(26-18(23-10)19(3,20)21)25-13-7-15(24-11(2)27)22-8-14(13)29-9-12-4-5-17(28)30-12/h6-8,12H,4-5,9H2,1-3H3,(H2,22,23,24,25,26,27). The summed E-state index contributed by atoms with van der Waals surface area (Å²) in [6.45, 7) is 3.72. The molecule has 1 atom stereocenters. The van der Waals surface area contributed by atoms with Crippen LogP contribution in [0.5, 0.6) is 5.75 Å². The van der Waals surface area contributed by atoms with E-state index in [9.17, 15) is 18.4 Å². The highest BCUT2D eigenvalue weighted by Crippen LogP contribution is 2.31. The van der Waals surface area contributed by atoms with Crippen molar-refractivity contribution in [1.29, 1.82) is 0 Å². The number of amides is 1. The number of carbonyl (C=O) groups excluding carboxylic acids is 2. The summed E-state index contributed by atoms with van der Waals surface area (Å²) in [5, 5.41) is 5.46. The lowest BCUT2D eigenvalue weighted by atomic mass is 10.2. The normalized spacial score (nSPS) is 16.2. The Morgan fingerprint density at radius 2 is 2.10 bits per heavy atom. The van der Waals surface area contributed by atoms with Gasteiger partial charge >= 0.3 is 11.9 Å². The van der Waals surface area contributed by atoms with Crippen molar-refractivity contribution in [3.63, 3.8) is 0 Å². The maximum atomic E-state index is 13.7. The molecule has 2 aromatic heterocycles. The van der Waals surface area contributed by atoms with Gasteiger partial charge < -0.3 is 20.1 Å². The SMILES string of the molecule is CC(=O)Nc1cc(Nc2cc(C)nc(C(C)(F)F)n2)c(OCC2CCC(=O)O2)cn1. The fourth-order valence-electron chi connectivity index (χ4n) is 2.75. The van der Waals surface area contributed by atoms with Gasteiger partial charge in [-0.2, -0.15) is 8.78 Å². The number of pyridine rings is 1. The van der Waals surface area contributed by atoms with Crippen LogP contribution in [0.3, 0.4) is 0 Å². The second kappa shape index (κ2) is 8.56. The molecule has 1 aliphatic heterocycles. The predicted molar refractivity (Wildman–Crippen MR) is 103 cm³/mol. The molecule has 0 aliphatic carbocycles. The van der Waals surface area contributed by atoms with Crippen LogP contribution in [0.2, 0.25) is 0 Å². The van der Waals surface area contributed by atoms with Gasteiger partial charge in [-0.25, -0.2) is 15.0 Å². The maximum absolute atomic E-state index is 13.7. The van der Waals surface area contributed by atoms with Gasteiger partial charge in [0.25, 0.3) is 0 Å². The number of esters is 1. The van der Waals surface area contributed by atoms with Crippen molar-refractivity contribution in [2.45, 2.75) is 45.6 Å². The van der Waals surface area contributed by atoms with Gasteiger partial charge in [-0.15, -0.1) is 0 Å². The molecular weight excluding hydrogens is 400 g/mol. The number of nitrogens with zero attached hydrogens (tertiary/aromatic N) is 3. The molecule has 30 heavy (non-hydrogen) atoms. The number of anilines is 3. The van der Waals surface area contributed by atoms with Crippen molar-refractivity contribution in [3.8, 4) is 5.75 Å². The molecule has 3 rings (SSSR count). The number of aryl methyl sites for hydroxylation is 1. The van der Waals surface area contributed by atoms with Crippen molar-refractivity contribution >= 4 is 29.2 Å². The Morgan fingerprint density at radius 3 is 2.73 bits per heavy atom. The minimum atomic E-state index is -3.21. The van der Waals surface area contributed by atoms with E-state index in [4.69, 9.17) is 9.47 Å². The van der Waals surface area contributed by atoms with Crippen LogP contribution >= 0.6 is 0 Å². The van der Waals surface area contributed by atoms with E-state index >= 15 is 0 Å². The number of hydrogen-bond donors (Lipinski definition) is 2.